The molecule has 0 fully saturated rings. The summed E-state index contributed by atoms with van der Waals surface area (Å²) in [4.78, 5) is 4.61. The van der Waals surface area contributed by atoms with E-state index in [1.165, 1.54) is 11.1 Å². The molecule has 20 heavy (non-hydrogen) atoms. The van der Waals surface area contributed by atoms with Gasteiger partial charge in [0, 0.05) is 6.54 Å². The van der Waals surface area contributed by atoms with E-state index in [1.807, 2.05) is 30.4 Å². The first-order valence-electron chi connectivity index (χ1n) is 6.87. The fourth-order valence-electron chi connectivity index (χ4n) is 2.58. The highest BCUT2D eigenvalue weighted by Gasteiger charge is 2.14. The van der Waals surface area contributed by atoms with Crippen LogP contribution in [0.5, 0.6) is 0 Å². The SMILES string of the molecule is Cc1cc(C=Cc2ccccc2)nc2c1CCN([O-])C2. The van der Waals surface area contributed by atoms with Crippen LogP contribution in [0.25, 0.3) is 12.2 Å². The molecular weight excluding hydrogens is 248 g/mol. The molecule has 0 N–H and O–H groups in total. The van der Waals surface area contributed by atoms with E-state index in [-0.39, 0.29) is 0 Å². The van der Waals surface area contributed by atoms with Crippen LogP contribution in [0.1, 0.15) is 28.1 Å². The maximum atomic E-state index is 11.5. The standard InChI is InChI=1S/C17H17N2O/c1-13-11-15(8-7-14-5-3-2-4-6-14)18-17-12-19(20)10-9-16(13)17/h2-8,11H,9-10,12H2,1H3/q-1. The maximum absolute atomic E-state index is 11.5. The van der Waals surface area contributed by atoms with E-state index in [9.17, 15) is 5.21 Å². The third-order valence-corrected chi connectivity index (χ3v) is 3.64. The fourth-order valence-corrected chi connectivity index (χ4v) is 2.58. The number of fused-ring (bicyclic) bond motifs is 1. The molecule has 2 heterocycles. The average molecular weight is 265 g/mol. The van der Waals surface area contributed by atoms with Crippen LogP contribution in [0, 0.1) is 12.1 Å². The molecule has 1 aliphatic heterocycles. The normalized spacial score (nSPS) is 15.5. The zero-order valence-corrected chi connectivity index (χ0v) is 11.5. The van der Waals surface area contributed by atoms with Gasteiger partial charge in [-0.25, -0.2) is 0 Å². The largest absolute Gasteiger partial charge is 0.785 e. The minimum Gasteiger partial charge on any atom is -0.785 e. The smallest absolute Gasteiger partial charge is 0.0636 e. The van der Waals surface area contributed by atoms with E-state index in [0.717, 1.165) is 28.4 Å². The number of hydrogen-bond donors (Lipinski definition) is 0. The average Bonchev–Trinajstić information content (AvgIpc) is 2.46. The summed E-state index contributed by atoms with van der Waals surface area (Å²) in [5.74, 6) is 0. The Morgan fingerprint density at radius 2 is 2.00 bits per heavy atom. The number of aryl methyl sites for hydroxylation is 1. The zero-order valence-electron chi connectivity index (χ0n) is 11.5. The van der Waals surface area contributed by atoms with E-state index in [0.29, 0.717) is 13.1 Å². The number of hydrogen-bond acceptors (Lipinski definition) is 3. The van der Waals surface area contributed by atoms with Gasteiger partial charge in [0.1, 0.15) is 0 Å². The molecule has 0 spiro atoms. The predicted molar refractivity (Wildman–Crippen MR) is 81.8 cm³/mol. The van der Waals surface area contributed by atoms with Crippen molar-refractivity contribution in [1.82, 2.24) is 10.0 Å². The molecule has 0 saturated heterocycles. The molecule has 1 aromatic heterocycles. The Bertz CT molecular complexity index is 635. The number of pyridine rings is 1. The summed E-state index contributed by atoms with van der Waals surface area (Å²) in [5.41, 5.74) is 5.47. The van der Waals surface area contributed by atoms with Crippen LogP contribution in [0.4, 0.5) is 0 Å². The van der Waals surface area contributed by atoms with Gasteiger partial charge in [-0.1, -0.05) is 36.4 Å². The molecule has 1 aromatic carbocycles. The molecule has 0 amide bonds. The summed E-state index contributed by atoms with van der Waals surface area (Å²) in [6.07, 6.45) is 4.86. The van der Waals surface area contributed by atoms with Gasteiger partial charge >= 0.3 is 0 Å². The second kappa shape index (κ2) is 5.57. The van der Waals surface area contributed by atoms with Crippen molar-refractivity contribution in [3.05, 3.63) is 69.7 Å². The number of rotatable bonds is 2. The lowest BCUT2D eigenvalue weighted by molar-refractivity contribution is 0.347. The van der Waals surface area contributed by atoms with Crippen molar-refractivity contribution in [2.45, 2.75) is 19.9 Å². The summed E-state index contributed by atoms with van der Waals surface area (Å²) in [7, 11) is 0. The molecule has 0 aliphatic carbocycles. The van der Waals surface area contributed by atoms with Crippen LogP contribution >= 0.6 is 0 Å². The maximum Gasteiger partial charge on any atom is 0.0636 e. The first-order chi connectivity index (χ1) is 9.72. The zero-order chi connectivity index (χ0) is 13.9. The predicted octanol–water partition coefficient (Wildman–Crippen LogP) is 3.42. The van der Waals surface area contributed by atoms with Crippen LogP contribution in [-0.2, 0) is 13.0 Å². The van der Waals surface area contributed by atoms with E-state index in [2.05, 4.69) is 30.1 Å². The van der Waals surface area contributed by atoms with Crippen molar-refractivity contribution in [3.63, 3.8) is 0 Å². The Balaban J connectivity index is 1.90. The lowest BCUT2D eigenvalue weighted by atomic mass is 10.00. The van der Waals surface area contributed by atoms with Crippen LogP contribution in [-0.4, -0.2) is 16.6 Å². The monoisotopic (exact) mass is 265 g/mol. The summed E-state index contributed by atoms with van der Waals surface area (Å²) in [6.45, 7) is 3.08. The summed E-state index contributed by atoms with van der Waals surface area (Å²) in [5, 5.41) is 12.6. The molecule has 1 aliphatic rings. The number of nitrogens with zero attached hydrogens (tertiary/aromatic N) is 2. The van der Waals surface area contributed by atoms with Gasteiger partial charge in [-0.15, -0.1) is 0 Å². The van der Waals surface area contributed by atoms with Gasteiger partial charge in [-0.05, 0) is 48.7 Å². The molecule has 0 radical (unpaired) electrons. The third-order valence-electron chi connectivity index (χ3n) is 3.64. The Morgan fingerprint density at radius 1 is 1.20 bits per heavy atom. The van der Waals surface area contributed by atoms with E-state index in [1.54, 1.807) is 0 Å². The molecule has 2 aromatic rings. The topological polar surface area (TPSA) is 39.2 Å². The quantitative estimate of drug-likeness (QED) is 0.835. The third kappa shape index (κ3) is 2.79. The van der Waals surface area contributed by atoms with Crippen LogP contribution < -0.4 is 0 Å². The Labute approximate surface area is 119 Å². The van der Waals surface area contributed by atoms with Gasteiger partial charge in [0.2, 0.25) is 0 Å². The van der Waals surface area contributed by atoms with E-state index in [4.69, 9.17) is 0 Å². The van der Waals surface area contributed by atoms with Gasteiger partial charge in [0.25, 0.3) is 0 Å². The number of aromatic nitrogens is 1. The molecular formula is C17H17N2O-. The Morgan fingerprint density at radius 3 is 2.80 bits per heavy atom. The molecule has 0 saturated carbocycles. The minimum absolute atomic E-state index is 0.406. The van der Waals surface area contributed by atoms with E-state index >= 15 is 0 Å². The molecule has 0 unspecified atom stereocenters. The highest BCUT2D eigenvalue weighted by atomic mass is 16.5. The highest BCUT2D eigenvalue weighted by molar-refractivity contribution is 5.68. The molecule has 3 heteroatoms. The summed E-state index contributed by atoms with van der Waals surface area (Å²) >= 11 is 0. The van der Waals surface area contributed by atoms with Crippen molar-refractivity contribution >= 4 is 12.2 Å². The van der Waals surface area contributed by atoms with Gasteiger partial charge in [0.05, 0.1) is 11.4 Å². The van der Waals surface area contributed by atoms with E-state index < -0.39 is 0 Å². The van der Waals surface area contributed by atoms with Crippen LogP contribution in [0.15, 0.2) is 36.4 Å². The van der Waals surface area contributed by atoms with Crippen molar-refractivity contribution in [3.8, 4) is 0 Å². The highest BCUT2D eigenvalue weighted by Crippen LogP contribution is 2.21. The lowest BCUT2D eigenvalue weighted by Gasteiger charge is -2.33. The van der Waals surface area contributed by atoms with Crippen molar-refractivity contribution in [1.29, 1.82) is 0 Å². The second-order valence-electron chi connectivity index (χ2n) is 5.15. The Kier molecular flexibility index (Phi) is 3.63. The summed E-state index contributed by atoms with van der Waals surface area (Å²) < 4.78 is 0. The van der Waals surface area contributed by atoms with Crippen molar-refractivity contribution < 1.29 is 0 Å². The fraction of sp³-hybridized carbons (Fsp3) is 0.235. The molecule has 0 bridgehead atoms. The van der Waals surface area contributed by atoms with Crippen LogP contribution in [0.2, 0.25) is 0 Å². The van der Waals surface area contributed by atoms with Gasteiger partial charge in [-0.3, -0.25) is 4.98 Å². The number of hydroxylamine groups is 2. The van der Waals surface area contributed by atoms with Crippen molar-refractivity contribution in [2.75, 3.05) is 6.54 Å². The second-order valence-corrected chi connectivity index (χ2v) is 5.15. The van der Waals surface area contributed by atoms with Crippen molar-refractivity contribution in [2.24, 2.45) is 0 Å². The summed E-state index contributed by atoms with van der Waals surface area (Å²) in [6, 6.07) is 12.2. The first-order valence-corrected chi connectivity index (χ1v) is 6.87. The molecule has 0 atom stereocenters. The lowest BCUT2D eigenvalue weighted by Crippen LogP contribution is -2.26. The van der Waals surface area contributed by atoms with Gasteiger partial charge in [-0.2, -0.15) is 0 Å². The van der Waals surface area contributed by atoms with Crippen LogP contribution in [0.3, 0.4) is 0 Å². The molecule has 3 rings (SSSR count). The number of benzene rings is 1. The molecule has 102 valence electrons. The van der Waals surface area contributed by atoms with Gasteiger partial charge in [0.15, 0.2) is 0 Å². The first kappa shape index (κ1) is 13.0. The minimum atomic E-state index is 0.406. The van der Waals surface area contributed by atoms with Gasteiger partial charge < -0.3 is 10.3 Å². The Hall–Kier alpha value is -1.97. The molecule has 3 nitrogen and oxygen atoms in total.